The average Bonchev–Trinajstić information content (AvgIpc) is 2.82. The highest BCUT2D eigenvalue weighted by atomic mass is 16.1. The van der Waals surface area contributed by atoms with E-state index < -0.39 is 0 Å². The van der Waals surface area contributed by atoms with E-state index in [0.717, 1.165) is 11.9 Å². The van der Waals surface area contributed by atoms with Crippen molar-refractivity contribution in [3.05, 3.63) is 36.2 Å². The molecule has 2 aromatic rings. The highest BCUT2D eigenvalue weighted by Gasteiger charge is 2.15. The molecule has 0 aliphatic carbocycles. The largest absolute Gasteiger partial charge is 0.348 e. The van der Waals surface area contributed by atoms with Crippen molar-refractivity contribution >= 4 is 11.4 Å². The molecular formula is C13H14N4O. The van der Waals surface area contributed by atoms with Crippen molar-refractivity contribution in [2.45, 2.75) is 25.8 Å². The third kappa shape index (κ3) is 2.33. The van der Waals surface area contributed by atoms with Crippen molar-refractivity contribution in [3.8, 4) is 6.07 Å². The van der Waals surface area contributed by atoms with Crippen molar-refractivity contribution in [2.75, 3.05) is 0 Å². The highest BCUT2D eigenvalue weighted by molar-refractivity contribution is 6.00. The number of nitrogens with zero attached hydrogens (tertiary/aromatic N) is 3. The Morgan fingerprint density at radius 1 is 1.61 bits per heavy atom. The summed E-state index contributed by atoms with van der Waals surface area (Å²) in [7, 11) is 0. The molecule has 0 saturated heterocycles. The van der Waals surface area contributed by atoms with Gasteiger partial charge in [0.05, 0.1) is 29.8 Å². The van der Waals surface area contributed by atoms with Gasteiger partial charge in [-0.2, -0.15) is 10.4 Å². The Hall–Kier alpha value is -2.35. The number of pyridine rings is 1. The van der Waals surface area contributed by atoms with E-state index >= 15 is 0 Å². The van der Waals surface area contributed by atoms with E-state index in [9.17, 15) is 4.79 Å². The van der Waals surface area contributed by atoms with Crippen LogP contribution in [-0.2, 0) is 0 Å². The summed E-state index contributed by atoms with van der Waals surface area (Å²) in [6.07, 6.45) is 4.39. The Labute approximate surface area is 105 Å². The number of carbonyl (C=O) groups is 1. The zero-order valence-corrected chi connectivity index (χ0v) is 10.1. The zero-order chi connectivity index (χ0) is 13.0. The van der Waals surface area contributed by atoms with Gasteiger partial charge in [0.25, 0.3) is 5.91 Å². The van der Waals surface area contributed by atoms with Gasteiger partial charge in [-0.3, -0.25) is 4.79 Å². The van der Waals surface area contributed by atoms with E-state index in [1.807, 2.05) is 25.1 Å². The number of fused-ring (bicyclic) bond motifs is 1. The van der Waals surface area contributed by atoms with Crippen LogP contribution in [0.15, 0.2) is 30.6 Å². The van der Waals surface area contributed by atoms with Gasteiger partial charge in [0.2, 0.25) is 0 Å². The predicted molar refractivity (Wildman–Crippen MR) is 67.0 cm³/mol. The summed E-state index contributed by atoms with van der Waals surface area (Å²) in [4.78, 5) is 12.1. The minimum Gasteiger partial charge on any atom is -0.348 e. The van der Waals surface area contributed by atoms with Crippen LogP contribution in [0.2, 0.25) is 0 Å². The molecule has 2 heterocycles. The monoisotopic (exact) mass is 242 g/mol. The van der Waals surface area contributed by atoms with Gasteiger partial charge in [0.15, 0.2) is 0 Å². The van der Waals surface area contributed by atoms with Crippen LogP contribution in [0.25, 0.3) is 5.52 Å². The molecule has 0 radical (unpaired) electrons. The molecule has 0 fully saturated rings. The van der Waals surface area contributed by atoms with Crippen LogP contribution in [0, 0.1) is 11.3 Å². The molecule has 2 aromatic heterocycles. The Morgan fingerprint density at radius 2 is 2.44 bits per heavy atom. The lowest BCUT2D eigenvalue weighted by molar-refractivity contribution is 0.0938. The van der Waals surface area contributed by atoms with Crippen LogP contribution in [-0.4, -0.2) is 21.6 Å². The molecule has 0 aliphatic heterocycles. The highest BCUT2D eigenvalue weighted by Crippen LogP contribution is 2.10. The molecule has 18 heavy (non-hydrogen) atoms. The van der Waals surface area contributed by atoms with Crippen LogP contribution in [0.1, 0.15) is 30.1 Å². The summed E-state index contributed by atoms with van der Waals surface area (Å²) in [5.41, 5.74) is 1.30. The summed E-state index contributed by atoms with van der Waals surface area (Å²) in [5.74, 6) is -0.182. The fraction of sp³-hybridized carbons (Fsp3) is 0.308. The van der Waals surface area contributed by atoms with Gasteiger partial charge in [-0.25, -0.2) is 4.52 Å². The second-order valence-corrected chi connectivity index (χ2v) is 4.03. The molecule has 0 saturated carbocycles. The Morgan fingerprint density at radius 3 is 3.17 bits per heavy atom. The molecule has 0 spiro atoms. The van der Waals surface area contributed by atoms with Gasteiger partial charge in [0, 0.05) is 12.2 Å². The number of hydrogen-bond donors (Lipinski definition) is 1. The number of aromatic nitrogens is 2. The van der Waals surface area contributed by atoms with Gasteiger partial charge in [0.1, 0.15) is 0 Å². The molecule has 92 valence electrons. The van der Waals surface area contributed by atoms with Crippen LogP contribution >= 0.6 is 0 Å². The van der Waals surface area contributed by atoms with Crippen LogP contribution < -0.4 is 5.32 Å². The minimum absolute atomic E-state index is 0.110. The van der Waals surface area contributed by atoms with Crippen molar-refractivity contribution in [1.29, 1.82) is 5.26 Å². The van der Waals surface area contributed by atoms with Crippen molar-refractivity contribution in [2.24, 2.45) is 0 Å². The Balaban J connectivity index is 2.21. The van der Waals surface area contributed by atoms with E-state index in [0.29, 0.717) is 12.0 Å². The molecule has 1 atom stereocenters. The first-order valence-electron chi connectivity index (χ1n) is 5.86. The number of carbonyl (C=O) groups excluding carboxylic acids is 1. The smallest absolute Gasteiger partial charge is 0.255 e. The quantitative estimate of drug-likeness (QED) is 0.888. The predicted octanol–water partition coefficient (Wildman–Crippen LogP) is 1.76. The molecule has 1 unspecified atom stereocenters. The zero-order valence-electron chi connectivity index (χ0n) is 10.1. The first kappa shape index (κ1) is 12.1. The fourth-order valence-corrected chi connectivity index (χ4v) is 1.78. The number of nitriles is 1. The van der Waals surface area contributed by atoms with Gasteiger partial charge in [-0.15, -0.1) is 0 Å². The summed E-state index contributed by atoms with van der Waals surface area (Å²) in [5, 5.41) is 15.6. The average molecular weight is 242 g/mol. The standard InChI is InChI=1S/C13H14N4O/c1-2-10(6-7-14)16-13(18)11-9-15-17-8-4-3-5-12(11)17/h3-5,8-10H,2,6H2,1H3,(H,16,18). The summed E-state index contributed by atoms with van der Waals surface area (Å²) < 4.78 is 1.65. The van der Waals surface area contributed by atoms with E-state index in [2.05, 4.69) is 16.5 Å². The van der Waals surface area contributed by atoms with Gasteiger partial charge >= 0.3 is 0 Å². The molecule has 2 rings (SSSR count). The maximum atomic E-state index is 12.1. The van der Waals surface area contributed by atoms with E-state index in [1.54, 1.807) is 16.9 Å². The molecular weight excluding hydrogens is 228 g/mol. The molecule has 1 N–H and O–H groups in total. The van der Waals surface area contributed by atoms with Crippen molar-refractivity contribution in [1.82, 2.24) is 14.9 Å². The van der Waals surface area contributed by atoms with E-state index in [-0.39, 0.29) is 11.9 Å². The number of amides is 1. The maximum absolute atomic E-state index is 12.1. The number of hydrogen-bond acceptors (Lipinski definition) is 3. The SMILES string of the molecule is CCC(CC#N)NC(=O)c1cnn2ccccc12. The Kier molecular flexibility index (Phi) is 3.58. The van der Waals surface area contributed by atoms with Crippen molar-refractivity contribution < 1.29 is 4.79 Å². The lowest BCUT2D eigenvalue weighted by Gasteiger charge is -2.12. The normalized spacial score (nSPS) is 12.0. The molecule has 5 heteroatoms. The van der Waals surface area contributed by atoms with E-state index in [4.69, 9.17) is 5.26 Å². The summed E-state index contributed by atoms with van der Waals surface area (Å²) in [6.45, 7) is 1.94. The minimum atomic E-state index is -0.182. The number of rotatable bonds is 4. The second kappa shape index (κ2) is 5.32. The third-order valence-electron chi connectivity index (χ3n) is 2.84. The molecule has 1 amide bonds. The topological polar surface area (TPSA) is 70.2 Å². The summed E-state index contributed by atoms with van der Waals surface area (Å²) in [6, 6.07) is 7.52. The lowest BCUT2D eigenvalue weighted by Crippen LogP contribution is -2.34. The Bertz CT molecular complexity index is 596. The maximum Gasteiger partial charge on any atom is 0.255 e. The van der Waals surface area contributed by atoms with Gasteiger partial charge in [-0.1, -0.05) is 13.0 Å². The second-order valence-electron chi connectivity index (χ2n) is 4.03. The molecule has 0 aliphatic rings. The van der Waals surface area contributed by atoms with Gasteiger partial charge < -0.3 is 5.32 Å². The fourth-order valence-electron chi connectivity index (χ4n) is 1.78. The molecule has 0 bridgehead atoms. The van der Waals surface area contributed by atoms with Crippen molar-refractivity contribution in [3.63, 3.8) is 0 Å². The van der Waals surface area contributed by atoms with E-state index in [1.165, 1.54) is 0 Å². The number of nitrogens with one attached hydrogen (secondary N) is 1. The lowest BCUT2D eigenvalue weighted by atomic mass is 10.1. The first-order chi connectivity index (χ1) is 8.76. The summed E-state index contributed by atoms with van der Waals surface area (Å²) >= 11 is 0. The van der Waals surface area contributed by atoms with Crippen LogP contribution in [0.5, 0.6) is 0 Å². The van der Waals surface area contributed by atoms with Crippen LogP contribution in [0.4, 0.5) is 0 Å². The first-order valence-corrected chi connectivity index (χ1v) is 5.86. The molecule has 0 aromatic carbocycles. The molecule has 5 nitrogen and oxygen atoms in total. The van der Waals surface area contributed by atoms with Gasteiger partial charge in [-0.05, 0) is 18.6 Å². The van der Waals surface area contributed by atoms with Crippen LogP contribution in [0.3, 0.4) is 0 Å². The third-order valence-corrected chi connectivity index (χ3v) is 2.84.